The van der Waals surface area contributed by atoms with E-state index in [1.165, 1.54) is 10.4 Å². The number of carbonyl (C=O) groups is 1. The summed E-state index contributed by atoms with van der Waals surface area (Å²) in [7, 11) is 0. The molecular formula is C20H28N2OS. The predicted octanol–water partition coefficient (Wildman–Crippen LogP) is 4.23. The van der Waals surface area contributed by atoms with Gasteiger partial charge in [0, 0.05) is 24.4 Å². The second-order valence-corrected chi connectivity index (χ2v) is 7.02. The molecule has 0 saturated carbocycles. The third-order valence-corrected chi connectivity index (χ3v) is 5.16. The molecule has 0 fully saturated rings. The van der Waals surface area contributed by atoms with E-state index in [9.17, 15) is 4.79 Å². The molecule has 130 valence electrons. The van der Waals surface area contributed by atoms with Crippen LogP contribution in [-0.4, -0.2) is 23.9 Å². The molecule has 0 aliphatic rings. The van der Waals surface area contributed by atoms with Crippen LogP contribution in [0.25, 0.3) is 0 Å². The van der Waals surface area contributed by atoms with Gasteiger partial charge in [-0.1, -0.05) is 44.2 Å². The van der Waals surface area contributed by atoms with Gasteiger partial charge in [-0.3, -0.25) is 9.69 Å². The summed E-state index contributed by atoms with van der Waals surface area (Å²) >= 11 is 1.76. The molecule has 2 aromatic rings. The summed E-state index contributed by atoms with van der Waals surface area (Å²) in [6.45, 7) is 8.11. The van der Waals surface area contributed by atoms with Crippen LogP contribution in [0.5, 0.6) is 0 Å². The minimum atomic E-state index is 0.138. The summed E-state index contributed by atoms with van der Waals surface area (Å²) in [5.41, 5.74) is 2.48. The van der Waals surface area contributed by atoms with Crippen LogP contribution < -0.4 is 5.32 Å². The fourth-order valence-electron chi connectivity index (χ4n) is 2.63. The Kier molecular flexibility index (Phi) is 7.99. The highest BCUT2D eigenvalue weighted by atomic mass is 32.1. The third kappa shape index (κ3) is 6.46. The molecule has 0 aliphatic heterocycles. The van der Waals surface area contributed by atoms with Crippen LogP contribution in [0.3, 0.4) is 0 Å². The predicted molar refractivity (Wildman–Crippen MR) is 102 cm³/mol. The van der Waals surface area contributed by atoms with Gasteiger partial charge in [-0.05, 0) is 48.5 Å². The van der Waals surface area contributed by atoms with Crippen LogP contribution in [-0.2, 0) is 24.3 Å². The first-order valence-corrected chi connectivity index (χ1v) is 9.68. The number of benzene rings is 1. The van der Waals surface area contributed by atoms with Gasteiger partial charge in [0.25, 0.3) is 0 Å². The van der Waals surface area contributed by atoms with E-state index in [4.69, 9.17) is 0 Å². The zero-order chi connectivity index (χ0) is 17.2. The maximum Gasteiger partial charge on any atom is 0.220 e. The number of hydrogen-bond donors (Lipinski definition) is 1. The fraction of sp³-hybridized carbons (Fsp3) is 0.450. The molecule has 1 heterocycles. The summed E-state index contributed by atoms with van der Waals surface area (Å²) in [5, 5.41) is 5.10. The van der Waals surface area contributed by atoms with Gasteiger partial charge in [0.2, 0.25) is 5.91 Å². The lowest BCUT2D eigenvalue weighted by atomic mass is 10.1. The van der Waals surface area contributed by atoms with Crippen molar-refractivity contribution in [3.8, 4) is 0 Å². The van der Waals surface area contributed by atoms with Crippen molar-refractivity contribution in [2.75, 3.05) is 13.1 Å². The molecular weight excluding hydrogens is 316 g/mol. The van der Waals surface area contributed by atoms with Crippen LogP contribution in [0.4, 0.5) is 0 Å². The molecule has 1 aromatic carbocycles. The van der Waals surface area contributed by atoms with E-state index >= 15 is 0 Å². The van der Waals surface area contributed by atoms with Gasteiger partial charge in [-0.2, -0.15) is 0 Å². The van der Waals surface area contributed by atoms with E-state index in [0.717, 1.165) is 38.0 Å². The molecule has 0 saturated heterocycles. The molecule has 1 aromatic heterocycles. The van der Waals surface area contributed by atoms with Crippen molar-refractivity contribution in [1.82, 2.24) is 10.2 Å². The summed E-state index contributed by atoms with van der Waals surface area (Å²) < 4.78 is 0. The van der Waals surface area contributed by atoms with Crippen molar-refractivity contribution >= 4 is 17.2 Å². The van der Waals surface area contributed by atoms with Crippen molar-refractivity contribution in [1.29, 1.82) is 0 Å². The topological polar surface area (TPSA) is 32.3 Å². The number of aryl methyl sites for hydroxylation is 1. The van der Waals surface area contributed by atoms with Gasteiger partial charge in [0.05, 0.1) is 0 Å². The number of nitrogens with one attached hydrogen (secondary N) is 1. The van der Waals surface area contributed by atoms with Crippen LogP contribution in [0, 0.1) is 0 Å². The van der Waals surface area contributed by atoms with Crippen molar-refractivity contribution in [3.05, 3.63) is 57.8 Å². The van der Waals surface area contributed by atoms with Crippen molar-refractivity contribution in [3.63, 3.8) is 0 Å². The number of thiophene rings is 1. The summed E-state index contributed by atoms with van der Waals surface area (Å²) in [6.07, 6.45) is 2.50. The quantitative estimate of drug-likeness (QED) is 0.699. The number of carbonyl (C=O) groups excluding carboxylic acids is 1. The van der Waals surface area contributed by atoms with Crippen molar-refractivity contribution in [2.24, 2.45) is 0 Å². The van der Waals surface area contributed by atoms with Crippen LogP contribution in [0.15, 0.2) is 41.8 Å². The summed E-state index contributed by atoms with van der Waals surface area (Å²) in [5.74, 6) is 0.138. The maximum absolute atomic E-state index is 11.9. The third-order valence-electron chi connectivity index (χ3n) is 4.22. The summed E-state index contributed by atoms with van der Waals surface area (Å²) in [4.78, 5) is 15.7. The molecule has 2 rings (SSSR count). The molecule has 4 heteroatoms. The summed E-state index contributed by atoms with van der Waals surface area (Å²) in [6, 6.07) is 12.7. The molecule has 1 N–H and O–H groups in total. The average Bonchev–Trinajstić information content (AvgIpc) is 3.12. The lowest BCUT2D eigenvalue weighted by Gasteiger charge is -2.18. The minimum Gasteiger partial charge on any atom is -0.352 e. The zero-order valence-corrected chi connectivity index (χ0v) is 15.6. The lowest BCUT2D eigenvalue weighted by molar-refractivity contribution is -0.121. The Morgan fingerprint density at radius 2 is 1.79 bits per heavy atom. The highest BCUT2D eigenvalue weighted by molar-refractivity contribution is 7.09. The molecule has 24 heavy (non-hydrogen) atoms. The Morgan fingerprint density at radius 1 is 1.08 bits per heavy atom. The number of rotatable bonds is 10. The largest absolute Gasteiger partial charge is 0.352 e. The average molecular weight is 345 g/mol. The van der Waals surface area contributed by atoms with Crippen LogP contribution >= 0.6 is 11.3 Å². The number of nitrogens with zero attached hydrogens (tertiary/aromatic N) is 1. The van der Waals surface area contributed by atoms with E-state index in [1.54, 1.807) is 11.3 Å². The SMILES string of the molecule is CCN(CC)Cc1ccc(CNC(=O)CCCc2cccs2)cc1. The first-order valence-electron chi connectivity index (χ1n) is 8.80. The first-order chi connectivity index (χ1) is 11.7. The van der Waals surface area contributed by atoms with Crippen molar-refractivity contribution < 1.29 is 4.79 Å². The Morgan fingerprint density at radius 3 is 2.42 bits per heavy atom. The minimum absolute atomic E-state index is 0.138. The van der Waals surface area contributed by atoms with Gasteiger partial charge in [-0.15, -0.1) is 11.3 Å². The van der Waals surface area contributed by atoms with Gasteiger partial charge in [0.1, 0.15) is 0 Å². The van der Waals surface area contributed by atoms with Crippen LogP contribution in [0.1, 0.15) is 42.7 Å². The van der Waals surface area contributed by atoms with E-state index < -0.39 is 0 Å². The number of hydrogen-bond acceptors (Lipinski definition) is 3. The Labute approximate surface area is 149 Å². The molecule has 0 bridgehead atoms. The first kappa shape index (κ1) is 18.7. The van der Waals surface area contributed by atoms with Gasteiger partial charge in [0.15, 0.2) is 0 Å². The highest BCUT2D eigenvalue weighted by Gasteiger charge is 2.04. The highest BCUT2D eigenvalue weighted by Crippen LogP contribution is 2.12. The van der Waals surface area contributed by atoms with Crippen molar-refractivity contribution in [2.45, 2.75) is 46.2 Å². The lowest BCUT2D eigenvalue weighted by Crippen LogP contribution is -2.23. The second-order valence-electron chi connectivity index (χ2n) is 5.99. The Bertz CT molecular complexity index is 589. The smallest absolute Gasteiger partial charge is 0.220 e. The monoisotopic (exact) mass is 344 g/mol. The standard InChI is InChI=1S/C20H28N2OS/c1-3-22(4-2)16-18-12-10-17(11-13-18)15-21-20(23)9-5-7-19-8-6-14-24-19/h6,8,10-14H,3-5,7,9,15-16H2,1-2H3,(H,21,23). The molecule has 0 atom stereocenters. The zero-order valence-electron chi connectivity index (χ0n) is 14.8. The molecule has 0 spiro atoms. The van der Waals surface area contributed by atoms with E-state index in [2.05, 4.69) is 65.8 Å². The van der Waals surface area contributed by atoms with Gasteiger partial charge >= 0.3 is 0 Å². The normalized spacial score (nSPS) is 11.0. The molecule has 0 unspecified atom stereocenters. The Balaban J connectivity index is 1.68. The van der Waals surface area contributed by atoms with Gasteiger partial charge < -0.3 is 5.32 Å². The fourth-order valence-corrected chi connectivity index (χ4v) is 3.39. The molecule has 3 nitrogen and oxygen atoms in total. The molecule has 1 amide bonds. The molecule has 0 radical (unpaired) electrons. The van der Waals surface area contributed by atoms with E-state index in [-0.39, 0.29) is 5.91 Å². The Hall–Kier alpha value is -1.65. The van der Waals surface area contributed by atoms with E-state index in [1.807, 2.05) is 0 Å². The second kappa shape index (κ2) is 10.3. The maximum atomic E-state index is 11.9. The number of amides is 1. The van der Waals surface area contributed by atoms with Crippen LogP contribution in [0.2, 0.25) is 0 Å². The molecule has 0 aliphatic carbocycles. The van der Waals surface area contributed by atoms with E-state index in [0.29, 0.717) is 13.0 Å². The van der Waals surface area contributed by atoms with Gasteiger partial charge in [-0.25, -0.2) is 0 Å².